The van der Waals surface area contributed by atoms with Gasteiger partial charge >= 0.3 is 0 Å². The number of aromatic hydroxyl groups is 1. The Kier molecular flexibility index (Phi) is 3.35. The Hall–Kier alpha value is -1.53. The first kappa shape index (κ1) is 11.9. The zero-order valence-electron chi connectivity index (χ0n) is 9.18. The number of hydrogen-bond acceptors (Lipinski definition) is 6. The lowest BCUT2D eigenvalue weighted by molar-refractivity contribution is 0.471. The fraction of sp³-hybridized carbons (Fsp3) is 0.200. The quantitative estimate of drug-likeness (QED) is 0.839. The molecule has 0 saturated heterocycles. The van der Waals surface area contributed by atoms with Crippen LogP contribution in [0.25, 0.3) is 0 Å². The summed E-state index contributed by atoms with van der Waals surface area (Å²) in [5.74, 6) is 0.737. The van der Waals surface area contributed by atoms with Gasteiger partial charge in [-0.15, -0.1) is 10.2 Å². The van der Waals surface area contributed by atoms with Gasteiger partial charge in [-0.3, -0.25) is 0 Å². The van der Waals surface area contributed by atoms with Gasteiger partial charge in [0.1, 0.15) is 11.6 Å². The summed E-state index contributed by atoms with van der Waals surface area (Å²) < 4.78 is 3.99. The van der Waals surface area contributed by atoms with E-state index in [0.717, 1.165) is 0 Å². The Balaban J connectivity index is 2.27. The van der Waals surface area contributed by atoms with Gasteiger partial charge in [0.15, 0.2) is 0 Å². The first-order valence-electron chi connectivity index (χ1n) is 4.77. The number of halogens is 1. The molecule has 0 atom stereocenters. The van der Waals surface area contributed by atoms with Gasteiger partial charge in [0.25, 0.3) is 0 Å². The largest absolute Gasteiger partial charge is 0.506 e. The van der Waals surface area contributed by atoms with E-state index in [1.165, 1.54) is 11.5 Å². The van der Waals surface area contributed by atoms with Crippen molar-refractivity contribution in [3.8, 4) is 5.75 Å². The van der Waals surface area contributed by atoms with E-state index in [0.29, 0.717) is 22.2 Å². The Morgan fingerprint density at radius 2 is 2.06 bits per heavy atom. The van der Waals surface area contributed by atoms with Gasteiger partial charge in [0.2, 0.25) is 5.13 Å². The molecule has 0 aliphatic heterocycles. The van der Waals surface area contributed by atoms with Crippen LogP contribution >= 0.6 is 23.1 Å². The van der Waals surface area contributed by atoms with Gasteiger partial charge < -0.3 is 5.11 Å². The molecule has 1 N–H and O–H groups in total. The number of rotatable bonds is 2. The highest BCUT2D eigenvalue weighted by Crippen LogP contribution is 2.32. The van der Waals surface area contributed by atoms with Crippen LogP contribution < -0.4 is 0 Å². The van der Waals surface area contributed by atoms with Crippen LogP contribution in [0, 0.1) is 13.8 Å². The predicted molar refractivity (Wildman–Crippen MR) is 66.7 cm³/mol. The van der Waals surface area contributed by atoms with Crippen LogP contribution in [-0.4, -0.2) is 14.5 Å². The lowest BCUT2D eigenvalue weighted by Gasteiger charge is -2.01. The first-order valence-corrected chi connectivity index (χ1v) is 5.92. The van der Waals surface area contributed by atoms with E-state index in [-0.39, 0.29) is 10.8 Å². The first-order chi connectivity index (χ1) is 8.06. The van der Waals surface area contributed by atoms with Crippen molar-refractivity contribution >= 4 is 34.0 Å². The lowest BCUT2D eigenvalue weighted by Crippen LogP contribution is -1.76. The van der Waals surface area contributed by atoms with Crippen molar-refractivity contribution in [3.05, 3.63) is 28.5 Å². The van der Waals surface area contributed by atoms with E-state index in [1.807, 2.05) is 0 Å². The summed E-state index contributed by atoms with van der Waals surface area (Å²) in [6.07, 6.45) is 0. The Labute approximate surface area is 107 Å². The standard InChI is InChI=1S/C10H9ClN4OS/c1-5-3-7(4-8(11)9(5)16)13-14-10-12-6(2)15-17-10/h3-4,16H,1-2H3. The van der Waals surface area contributed by atoms with E-state index in [9.17, 15) is 5.11 Å². The van der Waals surface area contributed by atoms with Crippen molar-refractivity contribution < 1.29 is 5.11 Å². The summed E-state index contributed by atoms with van der Waals surface area (Å²) in [6.45, 7) is 3.53. The Bertz CT molecular complexity index is 558. The number of hydrogen-bond donors (Lipinski definition) is 1. The number of aryl methyl sites for hydroxylation is 2. The molecule has 7 heteroatoms. The van der Waals surface area contributed by atoms with E-state index >= 15 is 0 Å². The summed E-state index contributed by atoms with van der Waals surface area (Å²) in [5, 5.41) is 18.2. The normalized spacial score (nSPS) is 11.2. The maximum atomic E-state index is 9.49. The molecule has 0 amide bonds. The maximum absolute atomic E-state index is 9.49. The molecule has 88 valence electrons. The number of azo groups is 1. The molecule has 0 aliphatic carbocycles. The monoisotopic (exact) mass is 268 g/mol. The molecule has 0 spiro atoms. The second-order valence-corrected chi connectivity index (χ2v) is 4.55. The van der Waals surface area contributed by atoms with Crippen LogP contribution in [0.5, 0.6) is 5.75 Å². The minimum atomic E-state index is 0.0670. The molecule has 5 nitrogen and oxygen atoms in total. The Morgan fingerprint density at radius 3 is 2.65 bits per heavy atom. The van der Waals surface area contributed by atoms with E-state index in [1.54, 1.807) is 26.0 Å². The summed E-state index contributed by atoms with van der Waals surface area (Å²) in [7, 11) is 0. The highest BCUT2D eigenvalue weighted by atomic mass is 35.5. The third-order valence-electron chi connectivity index (χ3n) is 2.01. The topological polar surface area (TPSA) is 70.7 Å². The van der Waals surface area contributed by atoms with Crippen LogP contribution in [0.1, 0.15) is 11.4 Å². The van der Waals surface area contributed by atoms with Gasteiger partial charge in [-0.2, -0.15) is 4.37 Å². The Morgan fingerprint density at radius 1 is 1.29 bits per heavy atom. The number of benzene rings is 1. The summed E-state index contributed by atoms with van der Waals surface area (Å²) in [6, 6.07) is 3.24. The zero-order valence-corrected chi connectivity index (χ0v) is 10.7. The highest BCUT2D eigenvalue weighted by Gasteiger charge is 2.04. The fourth-order valence-electron chi connectivity index (χ4n) is 1.20. The number of aromatic nitrogens is 2. The summed E-state index contributed by atoms with van der Waals surface area (Å²) in [4.78, 5) is 4.05. The van der Waals surface area contributed by atoms with Crippen molar-refractivity contribution in [1.29, 1.82) is 0 Å². The minimum Gasteiger partial charge on any atom is -0.506 e. The molecular weight excluding hydrogens is 260 g/mol. The van der Waals surface area contributed by atoms with Crippen molar-refractivity contribution in [2.45, 2.75) is 13.8 Å². The molecule has 1 aromatic carbocycles. The minimum absolute atomic E-state index is 0.0670. The highest BCUT2D eigenvalue weighted by molar-refractivity contribution is 7.09. The number of phenolic OH excluding ortho intramolecular Hbond substituents is 1. The van der Waals surface area contributed by atoms with E-state index < -0.39 is 0 Å². The molecule has 0 radical (unpaired) electrons. The van der Waals surface area contributed by atoms with Crippen LogP contribution in [0.2, 0.25) is 5.02 Å². The average Bonchev–Trinajstić information content (AvgIpc) is 2.69. The summed E-state index contributed by atoms with van der Waals surface area (Å²) in [5.41, 5.74) is 1.22. The molecule has 2 aromatic rings. The smallest absolute Gasteiger partial charge is 0.249 e. The van der Waals surface area contributed by atoms with E-state index in [2.05, 4.69) is 19.6 Å². The average molecular weight is 269 g/mol. The van der Waals surface area contributed by atoms with Crippen LogP contribution in [0.3, 0.4) is 0 Å². The van der Waals surface area contributed by atoms with Gasteiger partial charge in [0.05, 0.1) is 10.7 Å². The molecule has 0 fully saturated rings. The van der Waals surface area contributed by atoms with Crippen LogP contribution in [0.4, 0.5) is 10.8 Å². The third kappa shape index (κ3) is 2.78. The SMILES string of the molecule is Cc1nsc(N=Nc2cc(C)c(O)c(Cl)c2)n1. The van der Waals surface area contributed by atoms with Crippen molar-refractivity contribution in [2.24, 2.45) is 10.2 Å². The van der Waals surface area contributed by atoms with Gasteiger partial charge in [-0.1, -0.05) is 11.6 Å². The van der Waals surface area contributed by atoms with Crippen molar-refractivity contribution in [1.82, 2.24) is 9.36 Å². The van der Waals surface area contributed by atoms with Gasteiger partial charge in [-0.05, 0) is 31.5 Å². The third-order valence-corrected chi connectivity index (χ3v) is 2.99. The molecule has 2 rings (SSSR count). The zero-order chi connectivity index (χ0) is 12.4. The second kappa shape index (κ2) is 4.77. The van der Waals surface area contributed by atoms with Gasteiger partial charge in [-0.25, -0.2) is 4.98 Å². The molecule has 0 saturated carbocycles. The van der Waals surface area contributed by atoms with Gasteiger partial charge in [0, 0.05) is 11.5 Å². The van der Waals surface area contributed by atoms with Crippen molar-refractivity contribution in [2.75, 3.05) is 0 Å². The molecule has 17 heavy (non-hydrogen) atoms. The summed E-state index contributed by atoms with van der Waals surface area (Å²) >= 11 is 7.00. The molecule has 0 unspecified atom stereocenters. The molecular formula is C10H9ClN4OS. The van der Waals surface area contributed by atoms with Crippen LogP contribution in [0.15, 0.2) is 22.4 Å². The van der Waals surface area contributed by atoms with Crippen molar-refractivity contribution in [3.63, 3.8) is 0 Å². The lowest BCUT2D eigenvalue weighted by atomic mass is 10.2. The molecule has 0 bridgehead atoms. The second-order valence-electron chi connectivity index (χ2n) is 3.42. The molecule has 1 aromatic heterocycles. The van der Waals surface area contributed by atoms with Crippen LogP contribution in [-0.2, 0) is 0 Å². The molecule has 1 heterocycles. The maximum Gasteiger partial charge on any atom is 0.249 e. The predicted octanol–water partition coefficient (Wildman–Crippen LogP) is 3.93. The number of nitrogens with zero attached hydrogens (tertiary/aromatic N) is 4. The fourth-order valence-corrected chi connectivity index (χ4v) is 1.97. The molecule has 0 aliphatic rings. The van der Waals surface area contributed by atoms with E-state index in [4.69, 9.17) is 11.6 Å². The number of phenols is 1.